The Bertz CT molecular complexity index is 882. The fraction of sp³-hybridized carbons (Fsp3) is 0. The average Bonchev–Trinajstić information content (AvgIpc) is 3.00. The first-order valence-electron chi connectivity index (χ1n) is 6.74. The van der Waals surface area contributed by atoms with E-state index >= 15 is 0 Å². The van der Waals surface area contributed by atoms with Gasteiger partial charge >= 0.3 is 0 Å². The monoisotopic (exact) mass is 272 g/mol. The van der Waals surface area contributed by atoms with Crippen LogP contribution in [0.15, 0.2) is 72.9 Å². The van der Waals surface area contributed by atoms with E-state index in [9.17, 15) is 0 Å². The number of benzene rings is 2. The van der Waals surface area contributed by atoms with Crippen LogP contribution in [0.2, 0.25) is 0 Å². The Morgan fingerprint density at radius 2 is 1.38 bits per heavy atom. The molecule has 0 bridgehead atoms. The minimum absolute atomic E-state index is 0.607. The van der Waals surface area contributed by atoms with Crippen LogP contribution in [-0.2, 0) is 0 Å². The van der Waals surface area contributed by atoms with Crippen molar-refractivity contribution < 1.29 is 0 Å². The van der Waals surface area contributed by atoms with E-state index in [1.54, 1.807) is 10.7 Å². The van der Waals surface area contributed by atoms with Crippen LogP contribution in [0.4, 0.5) is 0 Å². The Morgan fingerprint density at radius 3 is 2.10 bits per heavy atom. The molecule has 0 atom stereocenters. The van der Waals surface area contributed by atoms with Crippen molar-refractivity contribution in [2.75, 3.05) is 0 Å². The van der Waals surface area contributed by atoms with Gasteiger partial charge in [-0.3, -0.25) is 0 Å². The summed E-state index contributed by atoms with van der Waals surface area (Å²) in [4.78, 5) is 8.81. The first kappa shape index (κ1) is 11.8. The summed E-state index contributed by atoms with van der Waals surface area (Å²) in [6.07, 6.45) is 1.76. The van der Waals surface area contributed by atoms with Crippen molar-refractivity contribution in [2.45, 2.75) is 0 Å². The van der Waals surface area contributed by atoms with Gasteiger partial charge < -0.3 is 0 Å². The number of hydrogen-bond acceptors (Lipinski definition) is 3. The predicted octanol–water partition coefficient (Wildman–Crippen LogP) is 3.46. The summed E-state index contributed by atoms with van der Waals surface area (Å²) in [6, 6.07) is 22.0. The van der Waals surface area contributed by atoms with Crippen LogP contribution < -0.4 is 0 Å². The molecule has 0 saturated carbocycles. The molecule has 0 spiro atoms. The smallest absolute Gasteiger partial charge is 0.220 e. The average molecular weight is 272 g/mol. The molecule has 0 unspecified atom stereocenters. The van der Waals surface area contributed by atoms with Crippen molar-refractivity contribution in [1.82, 2.24) is 19.6 Å². The van der Waals surface area contributed by atoms with Gasteiger partial charge in [-0.1, -0.05) is 60.7 Å². The highest BCUT2D eigenvalue weighted by molar-refractivity contribution is 5.63. The summed E-state index contributed by atoms with van der Waals surface area (Å²) < 4.78 is 1.79. The lowest BCUT2D eigenvalue weighted by atomic mass is 10.1. The second-order valence-electron chi connectivity index (χ2n) is 4.71. The molecular formula is C17H12N4. The topological polar surface area (TPSA) is 43.1 Å². The third kappa shape index (κ3) is 2.07. The number of nitrogens with zero attached hydrogens (tertiary/aromatic N) is 4. The second-order valence-corrected chi connectivity index (χ2v) is 4.71. The van der Waals surface area contributed by atoms with Gasteiger partial charge in [0.1, 0.15) is 0 Å². The summed E-state index contributed by atoms with van der Waals surface area (Å²) in [5.41, 5.74) is 3.06. The van der Waals surface area contributed by atoms with Gasteiger partial charge in [-0.05, 0) is 6.07 Å². The summed E-state index contributed by atoms with van der Waals surface area (Å²) in [5.74, 6) is 1.29. The molecule has 2 heterocycles. The van der Waals surface area contributed by atoms with Crippen molar-refractivity contribution in [2.24, 2.45) is 0 Å². The summed E-state index contributed by atoms with van der Waals surface area (Å²) in [6.45, 7) is 0. The number of fused-ring (bicyclic) bond motifs is 1. The van der Waals surface area contributed by atoms with Crippen LogP contribution in [0.5, 0.6) is 0 Å². The molecule has 0 saturated heterocycles. The highest BCUT2D eigenvalue weighted by Crippen LogP contribution is 2.21. The van der Waals surface area contributed by atoms with Crippen molar-refractivity contribution in [3.8, 4) is 22.6 Å². The van der Waals surface area contributed by atoms with Crippen LogP contribution in [-0.4, -0.2) is 19.6 Å². The third-order valence-corrected chi connectivity index (χ3v) is 3.34. The van der Waals surface area contributed by atoms with Crippen molar-refractivity contribution in [3.05, 3.63) is 72.9 Å². The van der Waals surface area contributed by atoms with E-state index in [1.165, 1.54) is 0 Å². The summed E-state index contributed by atoms with van der Waals surface area (Å²) >= 11 is 0. The first-order valence-corrected chi connectivity index (χ1v) is 6.74. The van der Waals surface area contributed by atoms with Gasteiger partial charge in [0.15, 0.2) is 5.82 Å². The zero-order valence-corrected chi connectivity index (χ0v) is 11.2. The van der Waals surface area contributed by atoms with Gasteiger partial charge in [0.05, 0.1) is 5.69 Å². The maximum absolute atomic E-state index is 4.60. The fourth-order valence-electron chi connectivity index (χ4n) is 2.33. The molecule has 0 fully saturated rings. The molecule has 4 heteroatoms. The number of aromatic nitrogens is 4. The quantitative estimate of drug-likeness (QED) is 0.561. The van der Waals surface area contributed by atoms with E-state index in [0.29, 0.717) is 11.6 Å². The van der Waals surface area contributed by atoms with Crippen molar-refractivity contribution in [3.63, 3.8) is 0 Å². The number of hydrogen-bond donors (Lipinski definition) is 0. The standard InChI is InChI=1S/C17H12N4/c1-3-7-13(8-4-1)15-11-12-18-17-19-16(20-21(15)17)14-9-5-2-6-10-14/h1-12H. The van der Waals surface area contributed by atoms with E-state index in [4.69, 9.17) is 0 Å². The van der Waals surface area contributed by atoms with Crippen LogP contribution in [0.1, 0.15) is 0 Å². The Kier molecular flexibility index (Phi) is 2.71. The van der Waals surface area contributed by atoms with E-state index in [2.05, 4.69) is 27.2 Å². The largest absolute Gasteiger partial charge is 0.253 e. The molecule has 0 aliphatic carbocycles. The molecule has 2 aromatic heterocycles. The lowest BCUT2D eigenvalue weighted by molar-refractivity contribution is 0.951. The van der Waals surface area contributed by atoms with Gasteiger partial charge in [0, 0.05) is 17.3 Å². The summed E-state index contributed by atoms with van der Waals surface area (Å²) in [5, 5.41) is 4.60. The molecule has 4 aromatic rings. The van der Waals surface area contributed by atoms with Gasteiger partial charge in [0.2, 0.25) is 0 Å². The molecule has 0 aliphatic rings. The molecule has 4 nitrogen and oxygen atoms in total. The maximum Gasteiger partial charge on any atom is 0.253 e. The minimum atomic E-state index is 0.607. The molecule has 0 amide bonds. The van der Waals surface area contributed by atoms with Crippen LogP contribution in [0, 0.1) is 0 Å². The molecule has 0 radical (unpaired) electrons. The lowest BCUT2D eigenvalue weighted by Gasteiger charge is -2.02. The van der Waals surface area contributed by atoms with Crippen LogP contribution in [0.25, 0.3) is 28.4 Å². The van der Waals surface area contributed by atoms with E-state index in [1.807, 2.05) is 54.6 Å². The zero-order chi connectivity index (χ0) is 14.1. The number of rotatable bonds is 2. The van der Waals surface area contributed by atoms with E-state index in [-0.39, 0.29) is 0 Å². The Balaban J connectivity index is 1.93. The first-order chi connectivity index (χ1) is 10.4. The van der Waals surface area contributed by atoms with E-state index in [0.717, 1.165) is 16.8 Å². The van der Waals surface area contributed by atoms with Crippen LogP contribution in [0.3, 0.4) is 0 Å². The van der Waals surface area contributed by atoms with Crippen LogP contribution >= 0.6 is 0 Å². The Labute approximate surface area is 121 Å². The normalized spacial score (nSPS) is 10.9. The molecule has 0 N–H and O–H groups in total. The van der Waals surface area contributed by atoms with Gasteiger partial charge in [0.25, 0.3) is 5.78 Å². The van der Waals surface area contributed by atoms with E-state index < -0.39 is 0 Å². The third-order valence-electron chi connectivity index (χ3n) is 3.34. The molecule has 100 valence electrons. The highest BCUT2D eigenvalue weighted by atomic mass is 15.3. The fourth-order valence-corrected chi connectivity index (χ4v) is 2.33. The SMILES string of the molecule is c1ccc(-c2nc3nccc(-c4ccccc4)n3n2)cc1. The maximum atomic E-state index is 4.60. The Morgan fingerprint density at radius 1 is 0.714 bits per heavy atom. The van der Waals surface area contributed by atoms with Gasteiger partial charge in [-0.15, -0.1) is 5.10 Å². The molecule has 4 rings (SSSR count). The van der Waals surface area contributed by atoms with Gasteiger partial charge in [-0.25, -0.2) is 4.98 Å². The van der Waals surface area contributed by atoms with Crippen molar-refractivity contribution >= 4 is 5.78 Å². The molecule has 21 heavy (non-hydrogen) atoms. The van der Waals surface area contributed by atoms with Gasteiger partial charge in [-0.2, -0.15) is 9.50 Å². The zero-order valence-electron chi connectivity index (χ0n) is 11.2. The summed E-state index contributed by atoms with van der Waals surface area (Å²) in [7, 11) is 0. The predicted molar refractivity (Wildman–Crippen MR) is 81.7 cm³/mol. The highest BCUT2D eigenvalue weighted by Gasteiger charge is 2.10. The minimum Gasteiger partial charge on any atom is -0.220 e. The second kappa shape index (κ2) is 4.83. The Hall–Kier alpha value is -3.01. The molecular weight excluding hydrogens is 260 g/mol. The molecule has 0 aliphatic heterocycles. The lowest BCUT2D eigenvalue weighted by Crippen LogP contribution is -1.95. The van der Waals surface area contributed by atoms with Crippen molar-refractivity contribution in [1.29, 1.82) is 0 Å². The molecule has 2 aromatic carbocycles.